The van der Waals surface area contributed by atoms with Crippen molar-refractivity contribution in [3.63, 3.8) is 0 Å². The van der Waals surface area contributed by atoms with Gasteiger partial charge in [0.15, 0.2) is 0 Å². The number of aliphatic hydroxyl groups excluding tert-OH is 1. The van der Waals surface area contributed by atoms with Gasteiger partial charge in [0, 0.05) is 34.5 Å². The highest BCUT2D eigenvalue weighted by atomic mass is 32.1. The Morgan fingerprint density at radius 1 is 1.56 bits per heavy atom. The molecule has 5 heteroatoms. The normalized spacial score (nSPS) is 17.9. The minimum Gasteiger partial charge on any atom is -0.384 e. The number of nitrogens with zero attached hydrogens (tertiary/aromatic N) is 1. The van der Waals surface area contributed by atoms with Gasteiger partial charge in [0.2, 0.25) is 0 Å². The van der Waals surface area contributed by atoms with Crippen molar-refractivity contribution in [1.29, 1.82) is 0 Å². The van der Waals surface area contributed by atoms with E-state index in [0.717, 1.165) is 24.2 Å². The Kier molecular flexibility index (Phi) is 3.15. The second-order valence-corrected chi connectivity index (χ2v) is 5.04. The topological polar surface area (TPSA) is 60.9 Å². The third-order valence-corrected chi connectivity index (χ3v) is 3.96. The number of H-pyrrole nitrogens is 1. The van der Waals surface area contributed by atoms with Crippen LogP contribution in [0, 0.1) is 11.8 Å². The first-order valence-electron chi connectivity index (χ1n) is 5.82. The van der Waals surface area contributed by atoms with E-state index in [1.807, 2.05) is 5.38 Å². The molecule has 0 amide bonds. The van der Waals surface area contributed by atoms with Crippen LogP contribution >= 0.6 is 11.3 Å². The summed E-state index contributed by atoms with van der Waals surface area (Å²) in [7, 11) is 0. The third kappa shape index (κ3) is 2.06. The number of aromatic nitrogens is 2. The quantitative estimate of drug-likeness (QED) is 0.671. The molecular formula is C13H13N3OS. The van der Waals surface area contributed by atoms with Gasteiger partial charge in [-0.2, -0.15) is 0 Å². The van der Waals surface area contributed by atoms with E-state index >= 15 is 0 Å². The minimum absolute atomic E-state index is 0.101. The lowest BCUT2D eigenvalue weighted by Crippen LogP contribution is -2.30. The molecule has 2 aromatic heterocycles. The second kappa shape index (κ2) is 4.94. The molecule has 4 nitrogen and oxygen atoms in total. The number of aromatic amines is 1. The molecule has 3 heterocycles. The molecule has 0 aromatic carbocycles. The van der Waals surface area contributed by atoms with E-state index < -0.39 is 0 Å². The first-order valence-corrected chi connectivity index (χ1v) is 6.70. The van der Waals surface area contributed by atoms with Gasteiger partial charge in [0.25, 0.3) is 0 Å². The van der Waals surface area contributed by atoms with Crippen LogP contribution in [0.1, 0.15) is 27.9 Å². The highest BCUT2D eigenvalue weighted by molar-refractivity contribution is 7.10. The lowest BCUT2D eigenvalue weighted by atomic mass is 10.0. The van der Waals surface area contributed by atoms with Gasteiger partial charge in [-0.05, 0) is 6.07 Å². The van der Waals surface area contributed by atoms with E-state index in [4.69, 9.17) is 5.11 Å². The fourth-order valence-corrected chi connectivity index (χ4v) is 3.08. The first-order chi connectivity index (χ1) is 8.88. The summed E-state index contributed by atoms with van der Waals surface area (Å²) in [4.78, 5) is 8.80. The predicted molar refractivity (Wildman–Crippen MR) is 70.4 cm³/mol. The van der Waals surface area contributed by atoms with E-state index in [-0.39, 0.29) is 12.6 Å². The summed E-state index contributed by atoms with van der Waals surface area (Å²) in [6.07, 6.45) is 2.75. The van der Waals surface area contributed by atoms with Gasteiger partial charge < -0.3 is 15.4 Å². The van der Waals surface area contributed by atoms with E-state index in [2.05, 4.69) is 33.2 Å². The monoisotopic (exact) mass is 259 g/mol. The number of hydrogen-bond donors (Lipinski definition) is 3. The van der Waals surface area contributed by atoms with Crippen LogP contribution < -0.4 is 5.32 Å². The summed E-state index contributed by atoms with van der Waals surface area (Å²) >= 11 is 1.67. The summed E-state index contributed by atoms with van der Waals surface area (Å²) in [6.45, 7) is 0.853. The summed E-state index contributed by atoms with van der Waals surface area (Å²) < 4.78 is 0. The Hall–Kier alpha value is -1.61. The summed E-state index contributed by atoms with van der Waals surface area (Å²) in [5, 5.41) is 14.2. The van der Waals surface area contributed by atoms with Crippen LogP contribution in [0.2, 0.25) is 0 Å². The molecule has 0 radical (unpaired) electrons. The number of imidazole rings is 1. The van der Waals surface area contributed by atoms with Crippen LogP contribution in [0.3, 0.4) is 0 Å². The van der Waals surface area contributed by atoms with Gasteiger partial charge >= 0.3 is 0 Å². The zero-order valence-corrected chi connectivity index (χ0v) is 10.5. The standard InChI is InChI=1S/C13H13N3OS/c17-5-1-2-9-6-11(18-7-9)13-12-10(3-4-14-13)15-8-16-12/h6-8,13-14,17H,3-5H2,(H,15,16)/t13-/m0/s1. The van der Waals surface area contributed by atoms with Crippen molar-refractivity contribution >= 4 is 11.3 Å². The van der Waals surface area contributed by atoms with Crippen LogP contribution in [0.4, 0.5) is 0 Å². The molecule has 1 aliphatic rings. The Morgan fingerprint density at radius 2 is 2.50 bits per heavy atom. The lowest BCUT2D eigenvalue weighted by Gasteiger charge is -2.21. The number of thiophene rings is 1. The van der Waals surface area contributed by atoms with Crippen molar-refractivity contribution in [3.05, 3.63) is 39.6 Å². The molecule has 0 fully saturated rings. The van der Waals surface area contributed by atoms with Gasteiger partial charge in [-0.15, -0.1) is 11.3 Å². The molecule has 1 atom stereocenters. The maximum absolute atomic E-state index is 8.69. The maximum Gasteiger partial charge on any atom is 0.104 e. The Morgan fingerprint density at radius 3 is 3.39 bits per heavy atom. The van der Waals surface area contributed by atoms with Crippen LogP contribution in [0.25, 0.3) is 0 Å². The summed E-state index contributed by atoms with van der Waals surface area (Å²) in [6, 6.07) is 2.23. The number of aliphatic hydroxyl groups is 1. The summed E-state index contributed by atoms with van der Waals surface area (Å²) in [5.41, 5.74) is 3.26. The fraction of sp³-hybridized carbons (Fsp3) is 0.308. The highest BCUT2D eigenvalue weighted by Crippen LogP contribution is 2.30. The molecule has 0 bridgehead atoms. The van der Waals surface area contributed by atoms with Crippen LogP contribution in [-0.2, 0) is 6.42 Å². The van der Waals surface area contributed by atoms with Crippen molar-refractivity contribution in [3.8, 4) is 11.8 Å². The molecule has 1 aliphatic heterocycles. The molecule has 0 aliphatic carbocycles. The van der Waals surface area contributed by atoms with Gasteiger partial charge in [-0.3, -0.25) is 0 Å². The van der Waals surface area contributed by atoms with E-state index in [9.17, 15) is 0 Å². The van der Waals surface area contributed by atoms with Crippen molar-refractivity contribution in [1.82, 2.24) is 15.3 Å². The average Bonchev–Trinajstić information content (AvgIpc) is 3.04. The molecule has 92 valence electrons. The zero-order valence-electron chi connectivity index (χ0n) is 9.73. The number of nitrogens with one attached hydrogen (secondary N) is 2. The van der Waals surface area contributed by atoms with Crippen LogP contribution in [0.15, 0.2) is 17.8 Å². The van der Waals surface area contributed by atoms with Crippen LogP contribution in [0.5, 0.6) is 0 Å². The van der Waals surface area contributed by atoms with E-state index in [1.54, 1.807) is 17.7 Å². The van der Waals surface area contributed by atoms with Gasteiger partial charge in [-0.25, -0.2) is 4.98 Å². The van der Waals surface area contributed by atoms with Gasteiger partial charge in [0.05, 0.1) is 18.1 Å². The van der Waals surface area contributed by atoms with Gasteiger partial charge in [0.1, 0.15) is 6.61 Å². The summed E-state index contributed by atoms with van der Waals surface area (Å²) in [5.74, 6) is 5.59. The molecule has 0 saturated carbocycles. The van der Waals surface area contributed by atoms with Crippen molar-refractivity contribution in [2.75, 3.05) is 13.2 Å². The molecule has 0 spiro atoms. The Bertz CT molecular complexity index is 605. The predicted octanol–water partition coefficient (Wildman–Crippen LogP) is 1.05. The maximum atomic E-state index is 8.69. The van der Waals surface area contributed by atoms with Gasteiger partial charge in [-0.1, -0.05) is 11.8 Å². The highest BCUT2D eigenvalue weighted by Gasteiger charge is 2.24. The van der Waals surface area contributed by atoms with E-state index in [0.29, 0.717) is 0 Å². The number of rotatable bonds is 1. The molecular weight excluding hydrogens is 246 g/mol. The lowest BCUT2D eigenvalue weighted by molar-refractivity contribution is 0.350. The Labute approximate surface area is 109 Å². The van der Waals surface area contributed by atoms with Crippen molar-refractivity contribution in [2.24, 2.45) is 0 Å². The smallest absolute Gasteiger partial charge is 0.104 e. The molecule has 2 aromatic rings. The van der Waals surface area contributed by atoms with E-state index in [1.165, 1.54) is 10.6 Å². The Balaban J connectivity index is 1.90. The number of hydrogen-bond acceptors (Lipinski definition) is 4. The number of fused-ring (bicyclic) bond motifs is 1. The van der Waals surface area contributed by atoms with Crippen LogP contribution in [-0.4, -0.2) is 28.2 Å². The van der Waals surface area contributed by atoms with Crippen molar-refractivity contribution < 1.29 is 5.11 Å². The minimum atomic E-state index is -0.101. The SMILES string of the molecule is OCC#Cc1csc([C@@H]2NCCc3[nH]cnc32)c1. The third-order valence-electron chi connectivity index (χ3n) is 2.96. The molecule has 3 N–H and O–H groups in total. The fourth-order valence-electron chi connectivity index (χ4n) is 2.17. The zero-order chi connectivity index (χ0) is 12.4. The molecule has 18 heavy (non-hydrogen) atoms. The average molecular weight is 259 g/mol. The first kappa shape index (κ1) is 11.5. The second-order valence-electron chi connectivity index (χ2n) is 4.10. The largest absolute Gasteiger partial charge is 0.384 e. The van der Waals surface area contributed by atoms with Crippen molar-refractivity contribution in [2.45, 2.75) is 12.5 Å². The molecule has 3 rings (SSSR count). The molecule has 0 saturated heterocycles. The molecule has 0 unspecified atom stereocenters.